The maximum atomic E-state index is 11.4. The van der Waals surface area contributed by atoms with Crippen molar-refractivity contribution in [3.05, 3.63) is 23.8 Å². The second-order valence-electron chi connectivity index (χ2n) is 3.49. The van der Waals surface area contributed by atoms with E-state index >= 15 is 0 Å². The highest BCUT2D eigenvalue weighted by Crippen LogP contribution is 2.21. The van der Waals surface area contributed by atoms with Crippen LogP contribution in [0.1, 0.15) is 5.56 Å². The van der Waals surface area contributed by atoms with Gasteiger partial charge in [0.25, 0.3) is 0 Å². The molecule has 0 unspecified atom stereocenters. The molecule has 0 saturated carbocycles. The minimum atomic E-state index is -3.97. The molecule has 1 aromatic rings. The number of carbonyl (C=O) groups is 1. The molecule has 9 heteroatoms. The average Bonchev–Trinajstić information content (AvgIpc) is 2.36. The van der Waals surface area contributed by atoms with Crippen LogP contribution in [0.3, 0.4) is 0 Å². The standard InChI is InChI=1S/C10H15N3O5S/c1-17-9-4-3-7(5-8(9)11)6-12-19(15,16)13-10(14)18-2/h3-5,12H,6,11H2,1-2H3,(H,13,14). The Hall–Kier alpha value is -2.00. The van der Waals surface area contributed by atoms with Gasteiger partial charge in [0.05, 0.1) is 19.9 Å². The number of nitrogens with two attached hydrogens (primary N) is 1. The summed E-state index contributed by atoms with van der Waals surface area (Å²) in [6.45, 7) is -0.0273. The highest BCUT2D eigenvalue weighted by molar-refractivity contribution is 7.88. The van der Waals surface area contributed by atoms with Crippen molar-refractivity contribution in [3.63, 3.8) is 0 Å². The van der Waals surface area contributed by atoms with Crippen molar-refractivity contribution in [1.82, 2.24) is 9.44 Å². The molecule has 0 fully saturated rings. The molecule has 8 nitrogen and oxygen atoms in total. The van der Waals surface area contributed by atoms with Crippen LogP contribution >= 0.6 is 0 Å². The van der Waals surface area contributed by atoms with E-state index in [4.69, 9.17) is 10.5 Å². The zero-order valence-electron chi connectivity index (χ0n) is 10.5. The van der Waals surface area contributed by atoms with Crippen molar-refractivity contribution in [2.75, 3.05) is 20.0 Å². The fourth-order valence-electron chi connectivity index (χ4n) is 1.26. The first-order valence-corrected chi connectivity index (χ1v) is 6.64. The van der Waals surface area contributed by atoms with Crippen LogP contribution in [0.4, 0.5) is 10.5 Å². The number of anilines is 1. The Morgan fingerprint density at radius 2 is 2.05 bits per heavy atom. The first-order chi connectivity index (χ1) is 8.88. The summed E-state index contributed by atoms with van der Waals surface area (Å²) < 4.78 is 35.8. The van der Waals surface area contributed by atoms with Crippen LogP contribution < -0.4 is 19.9 Å². The van der Waals surface area contributed by atoms with Gasteiger partial charge < -0.3 is 15.2 Å². The van der Waals surface area contributed by atoms with Crippen LogP contribution in [0, 0.1) is 0 Å². The predicted octanol–water partition coefficient (Wildman–Crippen LogP) is -0.0322. The predicted molar refractivity (Wildman–Crippen MR) is 68.7 cm³/mol. The van der Waals surface area contributed by atoms with E-state index in [1.54, 1.807) is 22.9 Å². The van der Waals surface area contributed by atoms with Gasteiger partial charge in [-0.1, -0.05) is 6.07 Å². The number of ether oxygens (including phenoxy) is 2. The number of benzene rings is 1. The van der Waals surface area contributed by atoms with Gasteiger partial charge in [0, 0.05) is 6.54 Å². The first kappa shape index (κ1) is 15.1. The fraction of sp³-hybridized carbons (Fsp3) is 0.300. The van der Waals surface area contributed by atoms with Gasteiger partial charge in [-0.25, -0.2) is 9.52 Å². The zero-order valence-corrected chi connectivity index (χ0v) is 11.3. The summed E-state index contributed by atoms with van der Waals surface area (Å²) >= 11 is 0. The van der Waals surface area contributed by atoms with Crippen LogP contribution in [0.2, 0.25) is 0 Å². The monoisotopic (exact) mass is 289 g/mol. The van der Waals surface area contributed by atoms with Gasteiger partial charge in [0.1, 0.15) is 5.75 Å². The summed E-state index contributed by atoms with van der Waals surface area (Å²) in [6, 6.07) is 4.84. The maximum absolute atomic E-state index is 11.4. The van der Waals surface area contributed by atoms with Crippen LogP contribution in [0.5, 0.6) is 5.75 Å². The van der Waals surface area contributed by atoms with Crippen LogP contribution in [-0.2, 0) is 21.5 Å². The lowest BCUT2D eigenvalue weighted by molar-refractivity contribution is 0.177. The number of rotatable bonds is 5. The molecule has 4 N–H and O–H groups in total. The number of hydrogen-bond acceptors (Lipinski definition) is 6. The third-order valence-electron chi connectivity index (χ3n) is 2.16. The number of nitrogens with one attached hydrogen (secondary N) is 2. The molecular formula is C10H15N3O5S. The molecule has 0 aliphatic heterocycles. The molecule has 1 rings (SSSR count). The normalized spacial score (nSPS) is 10.8. The van der Waals surface area contributed by atoms with E-state index in [0.717, 1.165) is 7.11 Å². The molecule has 0 spiro atoms. The van der Waals surface area contributed by atoms with Crippen molar-refractivity contribution < 1.29 is 22.7 Å². The second kappa shape index (κ2) is 6.25. The molecule has 0 aromatic heterocycles. The van der Waals surface area contributed by atoms with Gasteiger partial charge in [-0.2, -0.15) is 13.1 Å². The molecule has 0 saturated heterocycles. The highest BCUT2D eigenvalue weighted by atomic mass is 32.2. The summed E-state index contributed by atoms with van der Waals surface area (Å²) in [5.74, 6) is 0.499. The Balaban J connectivity index is 2.66. The lowest BCUT2D eigenvalue weighted by atomic mass is 10.2. The maximum Gasteiger partial charge on any atom is 0.421 e. The minimum Gasteiger partial charge on any atom is -0.495 e. The van der Waals surface area contributed by atoms with Crippen LogP contribution in [0.15, 0.2) is 18.2 Å². The van der Waals surface area contributed by atoms with Gasteiger partial charge in [-0.05, 0) is 17.7 Å². The van der Waals surface area contributed by atoms with Gasteiger partial charge in [-0.15, -0.1) is 0 Å². The Morgan fingerprint density at radius 3 is 2.58 bits per heavy atom. The third-order valence-corrected chi connectivity index (χ3v) is 3.12. The largest absolute Gasteiger partial charge is 0.495 e. The molecule has 0 aliphatic rings. The molecule has 0 atom stereocenters. The third kappa shape index (κ3) is 4.64. The smallest absolute Gasteiger partial charge is 0.421 e. The Labute approximate surface area is 111 Å². The van der Waals surface area contributed by atoms with E-state index in [9.17, 15) is 13.2 Å². The van der Waals surface area contributed by atoms with E-state index in [-0.39, 0.29) is 6.54 Å². The average molecular weight is 289 g/mol. The quantitative estimate of drug-likeness (QED) is 0.655. The van der Waals surface area contributed by atoms with E-state index < -0.39 is 16.3 Å². The molecule has 1 amide bonds. The molecule has 0 radical (unpaired) electrons. The van der Waals surface area contributed by atoms with Crippen molar-refractivity contribution in [2.45, 2.75) is 6.54 Å². The van der Waals surface area contributed by atoms with Crippen LogP contribution in [-0.4, -0.2) is 28.7 Å². The molecule has 106 valence electrons. The van der Waals surface area contributed by atoms with Crippen molar-refractivity contribution in [2.24, 2.45) is 0 Å². The van der Waals surface area contributed by atoms with Gasteiger partial charge >= 0.3 is 16.3 Å². The van der Waals surface area contributed by atoms with Crippen molar-refractivity contribution >= 4 is 22.0 Å². The zero-order chi connectivity index (χ0) is 14.5. The Morgan fingerprint density at radius 1 is 1.37 bits per heavy atom. The summed E-state index contributed by atoms with van der Waals surface area (Å²) in [5.41, 5.74) is 6.69. The van der Waals surface area contributed by atoms with Gasteiger partial charge in [-0.3, -0.25) is 0 Å². The van der Waals surface area contributed by atoms with Gasteiger partial charge in [0.15, 0.2) is 0 Å². The molecule has 0 bridgehead atoms. The van der Waals surface area contributed by atoms with E-state index in [0.29, 0.717) is 17.0 Å². The second-order valence-corrected chi connectivity index (χ2v) is 4.99. The Bertz CT molecular complexity index is 558. The molecule has 19 heavy (non-hydrogen) atoms. The number of methoxy groups -OCH3 is 2. The molecule has 0 aliphatic carbocycles. The van der Waals surface area contributed by atoms with Gasteiger partial charge in [0.2, 0.25) is 0 Å². The lowest BCUT2D eigenvalue weighted by Gasteiger charge is -2.09. The first-order valence-electron chi connectivity index (χ1n) is 5.15. The number of hydrogen-bond donors (Lipinski definition) is 3. The summed E-state index contributed by atoms with van der Waals surface area (Å²) in [6.07, 6.45) is -1.07. The van der Waals surface area contributed by atoms with E-state index in [1.807, 2.05) is 0 Å². The molecule has 1 aromatic carbocycles. The summed E-state index contributed by atoms with van der Waals surface area (Å²) in [4.78, 5) is 10.8. The summed E-state index contributed by atoms with van der Waals surface area (Å²) in [7, 11) is -1.42. The number of nitrogen functional groups attached to an aromatic ring is 1. The fourth-order valence-corrected chi connectivity index (χ4v) is 1.99. The lowest BCUT2D eigenvalue weighted by Crippen LogP contribution is -2.39. The van der Waals surface area contributed by atoms with Crippen molar-refractivity contribution in [1.29, 1.82) is 0 Å². The number of amides is 1. The highest BCUT2D eigenvalue weighted by Gasteiger charge is 2.14. The van der Waals surface area contributed by atoms with Crippen molar-refractivity contribution in [3.8, 4) is 5.75 Å². The number of carbonyl (C=O) groups excluding carboxylic acids is 1. The van der Waals surface area contributed by atoms with E-state index in [2.05, 4.69) is 9.46 Å². The van der Waals surface area contributed by atoms with Crippen LogP contribution in [0.25, 0.3) is 0 Å². The molecular weight excluding hydrogens is 274 g/mol. The molecule has 0 heterocycles. The topological polar surface area (TPSA) is 120 Å². The minimum absolute atomic E-state index is 0.0273. The summed E-state index contributed by atoms with van der Waals surface area (Å²) in [5, 5.41) is 0. The SMILES string of the molecule is COC(=O)NS(=O)(=O)NCc1ccc(OC)c(N)c1. The Kier molecular flexibility index (Phi) is 4.95. The van der Waals surface area contributed by atoms with E-state index in [1.165, 1.54) is 7.11 Å².